The van der Waals surface area contributed by atoms with Gasteiger partial charge in [-0.3, -0.25) is 0 Å². The summed E-state index contributed by atoms with van der Waals surface area (Å²) in [6.45, 7) is 0. The number of nitrogen functional groups attached to an aromatic ring is 1. The fourth-order valence-corrected chi connectivity index (χ4v) is 3.97. The highest BCUT2D eigenvalue weighted by Crippen LogP contribution is 2.35. The summed E-state index contributed by atoms with van der Waals surface area (Å²) in [5, 5.41) is 2.23. The first-order valence-electron chi connectivity index (χ1n) is 10.1. The first-order chi connectivity index (χ1) is 15.2. The Morgan fingerprint density at radius 3 is 2.16 bits per heavy atom. The molecule has 4 heteroatoms. The maximum atomic E-state index is 13.6. The minimum Gasteiger partial charge on any atom is -0.368 e. The second kappa shape index (κ2) is 8.00. The maximum absolute atomic E-state index is 13.6. The Hall–Kier alpha value is -4.05. The van der Waals surface area contributed by atoms with Crippen molar-refractivity contribution in [3.8, 4) is 22.5 Å². The fourth-order valence-electron chi connectivity index (χ4n) is 3.97. The van der Waals surface area contributed by atoms with Crippen molar-refractivity contribution in [2.24, 2.45) is 0 Å². The third-order valence-electron chi connectivity index (χ3n) is 5.41. The minimum atomic E-state index is -0.287. The molecule has 5 rings (SSSR count). The number of hydrogen-bond acceptors (Lipinski definition) is 3. The second-order valence-corrected chi connectivity index (χ2v) is 7.45. The van der Waals surface area contributed by atoms with Crippen molar-refractivity contribution >= 4 is 16.7 Å². The molecule has 0 spiro atoms. The van der Waals surface area contributed by atoms with E-state index in [0.29, 0.717) is 6.42 Å². The predicted octanol–water partition coefficient (Wildman–Crippen LogP) is 6.28. The average molecular weight is 405 g/mol. The molecule has 3 nitrogen and oxygen atoms in total. The number of nitrogens with two attached hydrogens (primary N) is 1. The Morgan fingerprint density at radius 1 is 0.677 bits per heavy atom. The standard InChI is InChI=1S/C27H20FN3/c28-21-15-13-20(14-16-21)25-24(17-18-7-2-1-3-8-18)26(31-27(29)30-25)23-12-6-10-19-9-4-5-11-22(19)23/h1-16H,17H2,(H2,29,30,31). The van der Waals surface area contributed by atoms with E-state index >= 15 is 0 Å². The van der Waals surface area contributed by atoms with Gasteiger partial charge in [0.2, 0.25) is 5.95 Å². The van der Waals surface area contributed by atoms with E-state index in [2.05, 4.69) is 46.4 Å². The van der Waals surface area contributed by atoms with E-state index in [1.54, 1.807) is 12.1 Å². The molecule has 0 atom stereocenters. The lowest BCUT2D eigenvalue weighted by atomic mass is 9.92. The van der Waals surface area contributed by atoms with E-state index < -0.39 is 0 Å². The Kier molecular flexibility index (Phi) is 4.89. The van der Waals surface area contributed by atoms with E-state index in [9.17, 15) is 4.39 Å². The smallest absolute Gasteiger partial charge is 0.221 e. The van der Waals surface area contributed by atoms with Crippen molar-refractivity contribution in [2.75, 3.05) is 5.73 Å². The van der Waals surface area contributed by atoms with Crippen LogP contribution in [-0.2, 0) is 6.42 Å². The van der Waals surface area contributed by atoms with Gasteiger partial charge in [-0.05, 0) is 40.6 Å². The zero-order valence-corrected chi connectivity index (χ0v) is 16.8. The van der Waals surface area contributed by atoms with Gasteiger partial charge in [0.15, 0.2) is 0 Å². The summed E-state index contributed by atoms with van der Waals surface area (Å²) >= 11 is 0. The summed E-state index contributed by atoms with van der Waals surface area (Å²) < 4.78 is 13.6. The summed E-state index contributed by atoms with van der Waals surface area (Å²) in [7, 11) is 0. The Bertz CT molecular complexity index is 1360. The van der Waals surface area contributed by atoms with Gasteiger partial charge in [-0.15, -0.1) is 0 Å². The molecule has 0 bridgehead atoms. The lowest BCUT2D eigenvalue weighted by Crippen LogP contribution is -2.06. The van der Waals surface area contributed by atoms with E-state index in [0.717, 1.165) is 44.4 Å². The molecule has 0 saturated heterocycles. The van der Waals surface area contributed by atoms with Gasteiger partial charge in [0.05, 0.1) is 11.4 Å². The molecule has 0 aliphatic carbocycles. The third kappa shape index (κ3) is 3.76. The molecular weight excluding hydrogens is 385 g/mol. The lowest BCUT2D eigenvalue weighted by molar-refractivity contribution is 0.628. The van der Waals surface area contributed by atoms with Crippen LogP contribution in [0.2, 0.25) is 0 Å². The van der Waals surface area contributed by atoms with Crippen LogP contribution in [0.15, 0.2) is 97.1 Å². The Labute approximate surface area is 180 Å². The van der Waals surface area contributed by atoms with Gasteiger partial charge in [-0.2, -0.15) is 0 Å². The third-order valence-corrected chi connectivity index (χ3v) is 5.41. The van der Waals surface area contributed by atoms with E-state index in [4.69, 9.17) is 5.73 Å². The van der Waals surface area contributed by atoms with Crippen LogP contribution >= 0.6 is 0 Å². The number of aromatic nitrogens is 2. The molecule has 4 aromatic carbocycles. The SMILES string of the molecule is Nc1nc(-c2ccc(F)cc2)c(Cc2ccccc2)c(-c2cccc3ccccc23)n1. The van der Waals surface area contributed by atoms with Gasteiger partial charge in [0.25, 0.3) is 0 Å². The van der Waals surface area contributed by atoms with Crippen LogP contribution in [0.3, 0.4) is 0 Å². The Morgan fingerprint density at radius 2 is 1.35 bits per heavy atom. The van der Waals surface area contributed by atoms with Crippen LogP contribution < -0.4 is 5.73 Å². The molecule has 0 aliphatic heterocycles. The highest BCUT2D eigenvalue weighted by Gasteiger charge is 2.19. The monoisotopic (exact) mass is 405 g/mol. The molecule has 2 N–H and O–H groups in total. The molecule has 0 radical (unpaired) electrons. The van der Waals surface area contributed by atoms with Gasteiger partial charge in [-0.25, -0.2) is 14.4 Å². The van der Waals surface area contributed by atoms with Crippen molar-refractivity contribution in [3.63, 3.8) is 0 Å². The normalized spacial score (nSPS) is 11.0. The summed E-state index contributed by atoms with van der Waals surface area (Å²) in [6.07, 6.45) is 0.631. The first kappa shape index (κ1) is 18.9. The number of benzene rings is 4. The minimum absolute atomic E-state index is 0.194. The van der Waals surface area contributed by atoms with Gasteiger partial charge >= 0.3 is 0 Å². The predicted molar refractivity (Wildman–Crippen MR) is 124 cm³/mol. The highest BCUT2D eigenvalue weighted by molar-refractivity contribution is 5.97. The fraction of sp³-hybridized carbons (Fsp3) is 0.0370. The second-order valence-electron chi connectivity index (χ2n) is 7.45. The number of rotatable bonds is 4. The van der Waals surface area contributed by atoms with E-state index in [1.165, 1.54) is 12.1 Å². The number of fused-ring (bicyclic) bond motifs is 1. The lowest BCUT2D eigenvalue weighted by Gasteiger charge is -2.16. The van der Waals surface area contributed by atoms with Crippen molar-refractivity contribution < 1.29 is 4.39 Å². The summed E-state index contributed by atoms with van der Waals surface area (Å²) in [4.78, 5) is 9.27. The number of anilines is 1. The molecule has 5 aromatic rings. The molecule has 0 aliphatic rings. The van der Waals surface area contributed by atoms with Gasteiger partial charge < -0.3 is 5.73 Å². The van der Waals surface area contributed by atoms with E-state index in [1.807, 2.05) is 36.4 Å². The van der Waals surface area contributed by atoms with Crippen LogP contribution in [-0.4, -0.2) is 9.97 Å². The van der Waals surface area contributed by atoms with Crippen LogP contribution in [0.1, 0.15) is 11.1 Å². The quantitative estimate of drug-likeness (QED) is 0.383. The molecule has 0 fully saturated rings. The topological polar surface area (TPSA) is 51.8 Å². The molecule has 0 unspecified atom stereocenters. The summed E-state index contributed by atoms with van der Waals surface area (Å²) in [5.74, 6) is -0.0938. The zero-order valence-electron chi connectivity index (χ0n) is 16.8. The molecule has 1 aromatic heterocycles. The van der Waals surface area contributed by atoms with Crippen molar-refractivity contribution in [1.82, 2.24) is 9.97 Å². The molecule has 1 heterocycles. The van der Waals surface area contributed by atoms with Gasteiger partial charge in [0.1, 0.15) is 5.82 Å². The van der Waals surface area contributed by atoms with Crippen molar-refractivity contribution in [1.29, 1.82) is 0 Å². The molecular formula is C27H20FN3. The van der Waals surface area contributed by atoms with Crippen LogP contribution in [0.25, 0.3) is 33.3 Å². The summed E-state index contributed by atoms with van der Waals surface area (Å²) in [6, 6.07) is 30.9. The summed E-state index contributed by atoms with van der Waals surface area (Å²) in [5.41, 5.74) is 11.6. The highest BCUT2D eigenvalue weighted by atomic mass is 19.1. The number of hydrogen-bond donors (Lipinski definition) is 1. The number of nitrogens with zero attached hydrogens (tertiary/aromatic N) is 2. The molecule has 0 saturated carbocycles. The van der Waals surface area contributed by atoms with Crippen LogP contribution in [0, 0.1) is 5.82 Å². The van der Waals surface area contributed by atoms with Gasteiger partial charge in [-0.1, -0.05) is 72.8 Å². The van der Waals surface area contributed by atoms with Crippen LogP contribution in [0.4, 0.5) is 10.3 Å². The largest absolute Gasteiger partial charge is 0.368 e. The zero-order chi connectivity index (χ0) is 21.2. The van der Waals surface area contributed by atoms with Gasteiger partial charge in [0, 0.05) is 23.1 Å². The van der Waals surface area contributed by atoms with Crippen molar-refractivity contribution in [2.45, 2.75) is 6.42 Å². The molecule has 150 valence electrons. The van der Waals surface area contributed by atoms with Crippen molar-refractivity contribution in [3.05, 3.63) is 114 Å². The Balaban J connectivity index is 1.80. The maximum Gasteiger partial charge on any atom is 0.221 e. The van der Waals surface area contributed by atoms with Crippen LogP contribution in [0.5, 0.6) is 0 Å². The molecule has 0 amide bonds. The average Bonchev–Trinajstić information content (AvgIpc) is 2.81. The number of halogens is 1. The van der Waals surface area contributed by atoms with E-state index in [-0.39, 0.29) is 11.8 Å². The molecule has 31 heavy (non-hydrogen) atoms. The first-order valence-corrected chi connectivity index (χ1v) is 10.1.